The minimum absolute atomic E-state index is 0.126. The van der Waals surface area contributed by atoms with E-state index in [1.165, 1.54) is 21.8 Å². The van der Waals surface area contributed by atoms with Crippen LogP contribution < -0.4 is 5.32 Å². The van der Waals surface area contributed by atoms with E-state index in [9.17, 15) is 9.59 Å². The van der Waals surface area contributed by atoms with Gasteiger partial charge >= 0.3 is 5.97 Å². The van der Waals surface area contributed by atoms with E-state index in [1.54, 1.807) is 18.3 Å². The zero-order chi connectivity index (χ0) is 20.6. The summed E-state index contributed by atoms with van der Waals surface area (Å²) in [6, 6.07) is 0. The lowest BCUT2D eigenvalue weighted by molar-refractivity contribution is 0.0527. The van der Waals surface area contributed by atoms with Gasteiger partial charge < -0.3 is 10.1 Å². The van der Waals surface area contributed by atoms with Gasteiger partial charge in [-0.3, -0.25) is 4.79 Å². The van der Waals surface area contributed by atoms with E-state index >= 15 is 0 Å². The van der Waals surface area contributed by atoms with Gasteiger partial charge in [-0.05, 0) is 62.5 Å². The smallest absolute Gasteiger partial charge is 0.341 e. The van der Waals surface area contributed by atoms with Gasteiger partial charge in [-0.25, -0.2) is 4.79 Å². The molecule has 152 valence electrons. The number of rotatable bonds is 4. The maximum absolute atomic E-state index is 13.0. The Balaban J connectivity index is 1.84. The Morgan fingerprint density at radius 2 is 2.00 bits per heavy atom. The molecule has 0 saturated carbocycles. The van der Waals surface area contributed by atoms with Gasteiger partial charge in [0.05, 0.1) is 17.7 Å². The van der Waals surface area contributed by atoms with Gasteiger partial charge in [-0.15, -0.1) is 22.7 Å². The molecule has 3 rings (SSSR count). The zero-order valence-electron chi connectivity index (χ0n) is 17.5. The summed E-state index contributed by atoms with van der Waals surface area (Å²) >= 11 is 3.12. The van der Waals surface area contributed by atoms with Crippen molar-refractivity contribution in [1.29, 1.82) is 0 Å². The molecule has 28 heavy (non-hydrogen) atoms. The first-order valence-corrected chi connectivity index (χ1v) is 11.5. The number of carbonyl (C=O) groups is 2. The molecule has 2 aromatic heterocycles. The van der Waals surface area contributed by atoms with E-state index in [0.717, 1.165) is 35.3 Å². The first kappa shape index (κ1) is 21.1. The number of carbonyl (C=O) groups excluding carboxylic acids is 2. The van der Waals surface area contributed by atoms with Crippen molar-refractivity contribution in [3.05, 3.63) is 37.4 Å². The lowest BCUT2D eigenvalue weighted by Crippen LogP contribution is -2.27. The van der Waals surface area contributed by atoms with Crippen LogP contribution >= 0.6 is 22.7 Å². The summed E-state index contributed by atoms with van der Waals surface area (Å²) in [6.45, 7) is 12.8. The molecule has 0 radical (unpaired) electrons. The van der Waals surface area contributed by atoms with Crippen LogP contribution in [-0.2, 0) is 17.6 Å². The fraction of sp³-hybridized carbons (Fsp3) is 0.545. The number of fused-ring (bicyclic) bond motifs is 1. The predicted molar refractivity (Wildman–Crippen MR) is 117 cm³/mol. The Bertz CT molecular complexity index is 902. The standard InChI is InChI=1S/C22H29NO3S2/c1-7-26-21(25)18-12(2)13(3)28-20(18)23-19(24)16-11-27-17-10-14(22(4,5)6)8-9-15(16)17/h11,14H,7-10H2,1-6H3,(H,23,24). The van der Waals surface area contributed by atoms with Crippen molar-refractivity contribution < 1.29 is 14.3 Å². The Hall–Kier alpha value is -1.66. The maximum Gasteiger partial charge on any atom is 0.341 e. The van der Waals surface area contributed by atoms with Crippen LogP contribution in [0.4, 0.5) is 5.00 Å². The summed E-state index contributed by atoms with van der Waals surface area (Å²) in [5.41, 5.74) is 3.58. The van der Waals surface area contributed by atoms with Crippen LogP contribution in [0.5, 0.6) is 0 Å². The second-order valence-electron chi connectivity index (χ2n) is 8.52. The molecule has 1 aliphatic rings. The average molecular weight is 420 g/mol. The summed E-state index contributed by atoms with van der Waals surface area (Å²) in [4.78, 5) is 27.7. The highest BCUT2D eigenvalue weighted by Crippen LogP contribution is 2.41. The molecular formula is C22H29NO3S2. The minimum Gasteiger partial charge on any atom is -0.462 e. The maximum atomic E-state index is 13.0. The van der Waals surface area contributed by atoms with Crippen molar-refractivity contribution in [2.75, 3.05) is 11.9 Å². The number of ether oxygens (including phenoxy) is 1. The van der Waals surface area contributed by atoms with Crippen molar-refractivity contribution in [2.24, 2.45) is 11.3 Å². The van der Waals surface area contributed by atoms with E-state index < -0.39 is 0 Å². The second kappa shape index (κ2) is 7.99. The summed E-state index contributed by atoms with van der Waals surface area (Å²) < 4.78 is 5.19. The highest BCUT2D eigenvalue weighted by atomic mass is 32.1. The molecule has 0 saturated heterocycles. The molecule has 1 N–H and O–H groups in total. The van der Waals surface area contributed by atoms with Crippen LogP contribution in [-0.4, -0.2) is 18.5 Å². The van der Waals surface area contributed by atoms with Gasteiger partial charge in [0.1, 0.15) is 5.00 Å². The third-order valence-electron chi connectivity index (χ3n) is 5.72. The van der Waals surface area contributed by atoms with Crippen LogP contribution in [0.1, 0.15) is 75.7 Å². The summed E-state index contributed by atoms with van der Waals surface area (Å²) in [6.07, 6.45) is 3.09. The summed E-state index contributed by atoms with van der Waals surface area (Å²) in [7, 11) is 0. The SMILES string of the molecule is CCOC(=O)c1c(NC(=O)c2csc3c2CCC(C(C)(C)C)C3)sc(C)c1C. The lowest BCUT2D eigenvalue weighted by Gasteiger charge is -2.34. The van der Waals surface area contributed by atoms with E-state index in [0.29, 0.717) is 23.1 Å². The number of nitrogens with one attached hydrogen (secondary N) is 1. The summed E-state index contributed by atoms with van der Waals surface area (Å²) in [5.74, 6) is 0.145. The normalized spacial score (nSPS) is 16.6. The van der Waals surface area contributed by atoms with Gasteiger partial charge in [-0.1, -0.05) is 20.8 Å². The molecule has 0 bridgehead atoms. The molecule has 0 aromatic carbocycles. The monoisotopic (exact) mass is 419 g/mol. The number of anilines is 1. The Labute approximate surface area is 175 Å². The van der Waals surface area contributed by atoms with E-state index in [4.69, 9.17) is 4.74 Å². The number of amides is 1. The topological polar surface area (TPSA) is 55.4 Å². The predicted octanol–water partition coefficient (Wildman–Crippen LogP) is 6.01. The number of aryl methyl sites for hydroxylation is 1. The van der Waals surface area contributed by atoms with Crippen LogP contribution in [0.3, 0.4) is 0 Å². The summed E-state index contributed by atoms with van der Waals surface area (Å²) in [5, 5.41) is 5.55. The van der Waals surface area contributed by atoms with Gasteiger partial charge in [0.15, 0.2) is 0 Å². The average Bonchev–Trinajstić information content (AvgIpc) is 3.15. The Morgan fingerprint density at radius 3 is 2.64 bits per heavy atom. The van der Waals surface area contributed by atoms with Crippen molar-refractivity contribution in [2.45, 2.75) is 60.8 Å². The van der Waals surface area contributed by atoms with Gasteiger partial charge in [0.25, 0.3) is 5.91 Å². The van der Waals surface area contributed by atoms with Gasteiger partial charge in [0.2, 0.25) is 0 Å². The number of hydrogen-bond acceptors (Lipinski definition) is 5. The van der Waals surface area contributed by atoms with Crippen LogP contribution in [0.15, 0.2) is 5.38 Å². The molecular weight excluding hydrogens is 390 g/mol. The lowest BCUT2D eigenvalue weighted by atomic mass is 9.72. The third kappa shape index (κ3) is 4.03. The molecule has 6 heteroatoms. The molecule has 2 aromatic rings. The van der Waals surface area contributed by atoms with Crippen LogP contribution in [0.2, 0.25) is 0 Å². The van der Waals surface area contributed by atoms with Gasteiger partial charge in [0, 0.05) is 15.1 Å². The van der Waals surface area contributed by atoms with Gasteiger partial charge in [-0.2, -0.15) is 0 Å². The quantitative estimate of drug-likeness (QED) is 0.618. The van der Waals surface area contributed by atoms with Crippen molar-refractivity contribution in [1.82, 2.24) is 0 Å². The largest absolute Gasteiger partial charge is 0.462 e. The van der Waals surface area contributed by atoms with Crippen LogP contribution in [0.25, 0.3) is 0 Å². The number of esters is 1. The molecule has 2 heterocycles. The molecule has 1 unspecified atom stereocenters. The van der Waals surface area contributed by atoms with Crippen LogP contribution in [0, 0.1) is 25.2 Å². The molecule has 4 nitrogen and oxygen atoms in total. The molecule has 1 atom stereocenters. The molecule has 0 fully saturated rings. The second-order valence-corrected chi connectivity index (χ2v) is 10.7. The van der Waals surface area contributed by atoms with Crippen molar-refractivity contribution in [3.8, 4) is 0 Å². The minimum atomic E-state index is -0.375. The van der Waals surface area contributed by atoms with E-state index in [1.807, 2.05) is 19.2 Å². The third-order valence-corrected chi connectivity index (χ3v) is 7.89. The fourth-order valence-corrected chi connectivity index (χ4v) is 5.98. The number of thiophene rings is 2. The molecule has 1 aliphatic carbocycles. The zero-order valence-corrected chi connectivity index (χ0v) is 19.2. The Kier molecular flexibility index (Phi) is 6.01. The fourth-order valence-electron chi connectivity index (χ4n) is 3.78. The first-order valence-electron chi connectivity index (χ1n) is 9.81. The highest BCUT2D eigenvalue weighted by molar-refractivity contribution is 7.17. The van der Waals surface area contributed by atoms with Crippen molar-refractivity contribution in [3.63, 3.8) is 0 Å². The van der Waals surface area contributed by atoms with E-state index in [-0.39, 0.29) is 17.3 Å². The first-order chi connectivity index (χ1) is 13.1. The molecule has 0 spiro atoms. The number of hydrogen-bond donors (Lipinski definition) is 1. The highest BCUT2D eigenvalue weighted by Gasteiger charge is 2.32. The Morgan fingerprint density at radius 1 is 1.29 bits per heavy atom. The van der Waals surface area contributed by atoms with E-state index in [2.05, 4.69) is 26.1 Å². The van der Waals surface area contributed by atoms with Crippen molar-refractivity contribution >= 4 is 39.6 Å². The molecule has 1 amide bonds. The molecule has 0 aliphatic heterocycles.